The molecule has 1 unspecified atom stereocenters. The van der Waals surface area contributed by atoms with Gasteiger partial charge < -0.3 is 9.84 Å². The molecule has 1 N–H and O–H groups in total. The minimum atomic E-state index is -0.664. The molecule has 0 spiro atoms. The highest BCUT2D eigenvalue weighted by atomic mass is 16.5. The predicted octanol–water partition coefficient (Wildman–Crippen LogP) is 15.1. The van der Waals surface area contributed by atoms with Crippen LogP contribution < -0.4 is 0 Å². The molecule has 290 valence electrons. The number of hydrogen-bond donors (Lipinski definition) is 1. The Hall–Kier alpha value is -2.10. The van der Waals surface area contributed by atoms with Crippen LogP contribution in [0.3, 0.4) is 0 Å². The fourth-order valence-corrected chi connectivity index (χ4v) is 6.32. The minimum absolute atomic E-state index is 0.0106. The van der Waals surface area contributed by atoms with Crippen LogP contribution in [0.15, 0.2) is 48.6 Å². The second-order valence-electron chi connectivity index (χ2n) is 14.6. The first-order valence-corrected chi connectivity index (χ1v) is 21.6. The van der Waals surface area contributed by atoms with Gasteiger partial charge in [0.2, 0.25) is 0 Å². The van der Waals surface area contributed by atoms with Crippen LogP contribution in [0.25, 0.3) is 0 Å². The second-order valence-corrected chi connectivity index (χ2v) is 14.6. The van der Waals surface area contributed by atoms with Crippen molar-refractivity contribution in [3.63, 3.8) is 0 Å². The summed E-state index contributed by atoms with van der Waals surface area (Å²) >= 11 is 0. The van der Waals surface area contributed by atoms with Gasteiger partial charge in [-0.3, -0.25) is 9.59 Å². The Kier molecular flexibility index (Phi) is 39.6. The average molecular weight is 699 g/mol. The Morgan fingerprint density at radius 1 is 0.460 bits per heavy atom. The van der Waals surface area contributed by atoms with E-state index in [-0.39, 0.29) is 12.1 Å². The number of ether oxygens (including phenoxy) is 1. The number of carbonyl (C=O) groups is 2. The number of aliphatic carboxylic acids is 1. The van der Waals surface area contributed by atoms with Gasteiger partial charge in [0.05, 0.1) is 6.10 Å². The summed E-state index contributed by atoms with van der Waals surface area (Å²) in [6.45, 7) is 4.31. The Balaban J connectivity index is 3.38. The SMILES string of the molecule is CCCCC/C=C\C/C=C\C/C=C\C/C=C\CCCCCCCC(=O)OC(C)CCCCCCCCCCCCCCCCCCCC(=O)O. The van der Waals surface area contributed by atoms with Crippen LogP contribution in [0.1, 0.15) is 226 Å². The van der Waals surface area contributed by atoms with E-state index in [1.54, 1.807) is 0 Å². The number of carbonyl (C=O) groups excluding carboxylic acids is 1. The standard InChI is InChI=1S/C46H82O4/c1-3-4-5-6-7-8-9-10-11-12-13-14-15-19-22-25-28-31-34-37-40-43-46(49)50-44(2)41-38-35-32-29-26-23-20-17-16-18-21-24-27-30-33-36-39-42-45(47)48/h7-8,10-11,13-14,19,22,44H,3-6,9,12,15-18,20-21,23-43H2,1-2H3,(H,47,48)/b8-7-,11-10-,14-13-,22-19-. The summed E-state index contributed by atoms with van der Waals surface area (Å²) in [7, 11) is 0. The normalized spacial score (nSPS) is 12.7. The van der Waals surface area contributed by atoms with E-state index in [0.717, 1.165) is 64.2 Å². The van der Waals surface area contributed by atoms with Crippen molar-refractivity contribution in [1.29, 1.82) is 0 Å². The summed E-state index contributed by atoms with van der Waals surface area (Å²) in [5.74, 6) is -0.674. The molecule has 0 aliphatic heterocycles. The molecule has 1 atom stereocenters. The van der Waals surface area contributed by atoms with Gasteiger partial charge >= 0.3 is 11.9 Å². The number of esters is 1. The zero-order valence-electron chi connectivity index (χ0n) is 33.2. The Labute approximate surface area is 311 Å². The molecule has 0 rings (SSSR count). The van der Waals surface area contributed by atoms with Gasteiger partial charge in [-0.25, -0.2) is 0 Å². The Morgan fingerprint density at radius 3 is 1.22 bits per heavy atom. The van der Waals surface area contributed by atoms with E-state index in [0.29, 0.717) is 12.8 Å². The highest BCUT2D eigenvalue weighted by Gasteiger charge is 2.09. The average Bonchev–Trinajstić information content (AvgIpc) is 3.09. The number of rotatable bonds is 39. The molecule has 50 heavy (non-hydrogen) atoms. The van der Waals surface area contributed by atoms with Crippen molar-refractivity contribution in [2.45, 2.75) is 232 Å². The van der Waals surface area contributed by atoms with Gasteiger partial charge in [0.25, 0.3) is 0 Å². The van der Waals surface area contributed by atoms with Gasteiger partial charge in [0.1, 0.15) is 0 Å². The summed E-state index contributed by atoms with van der Waals surface area (Å²) < 4.78 is 5.66. The monoisotopic (exact) mass is 699 g/mol. The van der Waals surface area contributed by atoms with Crippen LogP contribution >= 0.6 is 0 Å². The van der Waals surface area contributed by atoms with Gasteiger partial charge in [-0.1, -0.05) is 184 Å². The molecule has 0 heterocycles. The lowest BCUT2D eigenvalue weighted by Gasteiger charge is -2.13. The van der Waals surface area contributed by atoms with Crippen LogP contribution in [0, 0.1) is 0 Å². The first kappa shape index (κ1) is 47.9. The molecule has 4 heteroatoms. The molecular formula is C46H82O4. The molecule has 4 nitrogen and oxygen atoms in total. The van der Waals surface area contributed by atoms with Gasteiger partial charge in [-0.05, 0) is 77.6 Å². The summed E-state index contributed by atoms with van der Waals surface area (Å²) in [5.41, 5.74) is 0. The van der Waals surface area contributed by atoms with Crippen LogP contribution in [0.2, 0.25) is 0 Å². The highest BCUT2D eigenvalue weighted by molar-refractivity contribution is 5.69. The molecular weight excluding hydrogens is 617 g/mol. The smallest absolute Gasteiger partial charge is 0.306 e. The van der Waals surface area contributed by atoms with Gasteiger partial charge in [-0.15, -0.1) is 0 Å². The third kappa shape index (κ3) is 42.1. The van der Waals surface area contributed by atoms with Crippen molar-refractivity contribution in [3.8, 4) is 0 Å². The molecule has 0 amide bonds. The van der Waals surface area contributed by atoms with E-state index in [1.165, 1.54) is 135 Å². The van der Waals surface area contributed by atoms with Crippen LogP contribution in [-0.4, -0.2) is 23.1 Å². The predicted molar refractivity (Wildman–Crippen MR) is 218 cm³/mol. The summed E-state index contributed by atoms with van der Waals surface area (Å²) in [6.07, 6.45) is 57.0. The molecule has 0 bridgehead atoms. The fourth-order valence-electron chi connectivity index (χ4n) is 6.32. The lowest BCUT2D eigenvalue weighted by atomic mass is 10.0. The summed E-state index contributed by atoms with van der Waals surface area (Å²) in [5, 5.41) is 8.65. The number of allylic oxidation sites excluding steroid dienone is 8. The number of carboxylic acid groups (broad SMARTS) is 1. The number of hydrogen-bond acceptors (Lipinski definition) is 3. The first-order chi connectivity index (χ1) is 24.6. The van der Waals surface area contributed by atoms with E-state index in [2.05, 4.69) is 62.5 Å². The molecule has 0 aliphatic rings. The lowest BCUT2D eigenvalue weighted by molar-refractivity contribution is -0.148. The zero-order valence-corrected chi connectivity index (χ0v) is 33.2. The van der Waals surface area contributed by atoms with Crippen LogP contribution in [-0.2, 0) is 14.3 Å². The quantitative estimate of drug-likeness (QED) is 0.0394. The molecule has 0 saturated carbocycles. The molecule has 0 radical (unpaired) electrons. The van der Waals surface area contributed by atoms with E-state index < -0.39 is 5.97 Å². The Morgan fingerprint density at radius 2 is 0.800 bits per heavy atom. The molecule has 0 aromatic heterocycles. The summed E-state index contributed by atoms with van der Waals surface area (Å²) in [4.78, 5) is 22.7. The maximum Gasteiger partial charge on any atom is 0.306 e. The topological polar surface area (TPSA) is 63.6 Å². The van der Waals surface area contributed by atoms with Crippen molar-refractivity contribution in [3.05, 3.63) is 48.6 Å². The maximum atomic E-state index is 12.2. The van der Waals surface area contributed by atoms with Crippen LogP contribution in [0.4, 0.5) is 0 Å². The minimum Gasteiger partial charge on any atom is -0.481 e. The second kappa shape index (κ2) is 41.3. The number of unbranched alkanes of at least 4 members (excludes halogenated alkanes) is 24. The van der Waals surface area contributed by atoms with Crippen molar-refractivity contribution >= 4 is 11.9 Å². The van der Waals surface area contributed by atoms with Crippen molar-refractivity contribution in [2.75, 3.05) is 0 Å². The Bertz CT molecular complexity index is 839. The van der Waals surface area contributed by atoms with Crippen molar-refractivity contribution in [2.24, 2.45) is 0 Å². The van der Waals surface area contributed by atoms with E-state index >= 15 is 0 Å². The largest absolute Gasteiger partial charge is 0.481 e. The van der Waals surface area contributed by atoms with Gasteiger partial charge in [-0.2, -0.15) is 0 Å². The lowest BCUT2D eigenvalue weighted by Crippen LogP contribution is -2.14. The van der Waals surface area contributed by atoms with Gasteiger partial charge in [0, 0.05) is 12.8 Å². The van der Waals surface area contributed by atoms with Gasteiger partial charge in [0.15, 0.2) is 0 Å². The fraction of sp³-hybridized carbons (Fsp3) is 0.783. The van der Waals surface area contributed by atoms with E-state index in [9.17, 15) is 9.59 Å². The molecule has 0 aliphatic carbocycles. The van der Waals surface area contributed by atoms with Crippen molar-refractivity contribution < 1.29 is 19.4 Å². The molecule has 0 fully saturated rings. The summed E-state index contributed by atoms with van der Waals surface area (Å²) in [6, 6.07) is 0. The van der Waals surface area contributed by atoms with Crippen molar-refractivity contribution in [1.82, 2.24) is 0 Å². The first-order valence-electron chi connectivity index (χ1n) is 21.6. The third-order valence-corrected chi connectivity index (χ3v) is 9.54. The highest BCUT2D eigenvalue weighted by Crippen LogP contribution is 2.16. The van der Waals surface area contributed by atoms with E-state index in [1.807, 2.05) is 0 Å². The van der Waals surface area contributed by atoms with Crippen LogP contribution in [0.5, 0.6) is 0 Å². The third-order valence-electron chi connectivity index (χ3n) is 9.54. The zero-order chi connectivity index (χ0) is 36.4. The van der Waals surface area contributed by atoms with E-state index in [4.69, 9.17) is 9.84 Å². The molecule has 0 aromatic carbocycles. The number of carboxylic acids is 1. The molecule has 0 saturated heterocycles. The maximum absolute atomic E-state index is 12.2. The molecule has 0 aromatic rings.